The molecule has 1 fully saturated rings. The van der Waals surface area contributed by atoms with E-state index in [1.165, 1.54) is 13.0 Å². The number of aryl methyl sites for hydroxylation is 1. The third kappa shape index (κ3) is 1.94. The van der Waals surface area contributed by atoms with Gasteiger partial charge in [0.15, 0.2) is 5.82 Å². The van der Waals surface area contributed by atoms with Gasteiger partial charge in [-0.3, -0.25) is 15.0 Å². The van der Waals surface area contributed by atoms with Crippen molar-refractivity contribution in [2.24, 2.45) is 5.92 Å². The molecule has 0 radical (unpaired) electrons. The van der Waals surface area contributed by atoms with E-state index in [0.29, 0.717) is 0 Å². The molecule has 0 bridgehead atoms. The van der Waals surface area contributed by atoms with Crippen LogP contribution in [0.5, 0.6) is 0 Å². The van der Waals surface area contributed by atoms with Gasteiger partial charge in [0, 0.05) is 6.54 Å². The summed E-state index contributed by atoms with van der Waals surface area (Å²) in [6.07, 6.45) is 0. The van der Waals surface area contributed by atoms with Crippen molar-refractivity contribution < 1.29 is 18.4 Å². The quantitative estimate of drug-likeness (QED) is 0.832. The lowest BCUT2D eigenvalue weighted by Gasteiger charge is -2.31. The molecule has 1 atom stereocenters. The first-order valence-electron chi connectivity index (χ1n) is 5.48. The topological polar surface area (TPSA) is 49.4 Å². The lowest BCUT2D eigenvalue weighted by molar-refractivity contribution is -0.123. The molecule has 2 rings (SSSR count). The first kappa shape index (κ1) is 12.5. The van der Waals surface area contributed by atoms with Crippen LogP contribution in [-0.2, 0) is 4.79 Å². The summed E-state index contributed by atoms with van der Waals surface area (Å²) in [5.41, 5.74) is -0.171. The molecule has 1 heterocycles. The molecule has 6 heteroatoms. The summed E-state index contributed by atoms with van der Waals surface area (Å²) in [4.78, 5) is 23.8. The van der Waals surface area contributed by atoms with E-state index in [2.05, 4.69) is 5.32 Å². The molecule has 1 unspecified atom stereocenters. The van der Waals surface area contributed by atoms with Crippen molar-refractivity contribution >= 4 is 17.6 Å². The van der Waals surface area contributed by atoms with Crippen molar-refractivity contribution in [2.75, 3.05) is 11.4 Å². The lowest BCUT2D eigenvalue weighted by Crippen LogP contribution is -2.54. The molecule has 0 spiro atoms. The summed E-state index contributed by atoms with van der Waals surface area (Å²) >= 11 is 0. The molecule has 1 aliphatic heterocycles. The molecule has 18 heavy (non-hydrogen) atoms. The molecule has 0 aliphatic carbocycles. The minimum absolute atomic E-state index is 0.0397. The minimum Gasteiger partial charge on any atom is -0.288 e. The summed E-state index contributed by atoms with van der Waals surface area (Å²) in [5.74, 6) is -2.56. The number of hydrogen-bond donors (Lipinski definition) is 1. The van der Waals surface area contributed by atoms with Crippen LogP contribution in [-0.4, -0.2) is 18.5 Å². The zero-order valence-corrected chi connectivity index (χ0v) is 9.96. The van der Waals surface area contributed by atoms with Gasteiger partial charge in [-0.05, 0) is 18.6 Å². The Bertz CT molecular complexity index is 531. The average Bonchev–Trinajstić information content (AvgIpc) is 2.31. The van der Waals surface area contributed by atoms with Crippen molar-refractivity contribution in [2.45, 2.75) is 13.8 Å². The Hall–Kier alpha value is -1.98. The Morgan fingerprint density at radius 2 is 2.00 bits per heavy atom. The molecule has 0 aromatic heterocycles. The van der Waals surface area contributed by atoms with Crippen LogP contribution in [0.2, 0.25) is 0 Å². The maximum atomic E-state index is 13.9. The Labute approximate surface area is 103 Å². The number of carbonyl (C=O) groups excluding carboxylic acids is 2. The van der Waals surface area contributed by atoms with E-state index in [-0.39, 0.29) is 12.1 Å². The molecule has 0 saturated carbocycles. The van der Waals surface area contributed by atoms with Gasteiger partial charge in [-0.2, -0.15) is 0 Å². The number of nitrogens with one attached hydrogen (secondary N) is 1. The number of benzene rings is 1. The highest BCUT2D eigenvalue weighted by Gasteiger charge is 2.33. The fourth-order valence-corrected chi connectivity index (χ4v) is 1.82. The van der Waals surface area contributed by atoms with Gasteiger partial charge in [-0.25, -0.2) is 13.6 Å². The second kappa shape index (κ2) is 4.36. The SMILES string of the molecule is Cc1ccc(F)c(N2CC(C)C(=O)NC2=O)c1F. The van der Waals surface area contributed by atoms with Crippen LogP contribution in [0.25, 0.3) is 0 Å². The van der Waals surface area contributed by atoms with E-state index in [0.717, 1.165) is 11.0 Å². The predicted octanol–water partition coefficient (Wildman–Crippen LogP) is 1.97. The fourth-order valence-electron chi connectivity index (χ4n) is 1.82. The number of imide groups is 1. The first-order chi connectivity index (χ1) is 8.41. The van der Waals surface area contributed by atoms with Crippen LogP contribution in [0.4, 0.5) is 19.3 Å². The number of nitrogens with zero attached hydrogens (tertiary/aromatic N) is 1. The molecule has 1 aromatic carbocycles. The van der Waals surface area contributed by atoms with E-state index in [1.54, 1.807) is 6.92 Å². The largest absolute Gasteiger partial charge is 0.328 e. The van der Waals surface area contributed by atoms with Crippen LogP contribution in [0.3, 0.4) is 0 Å². The molecular weight excluding hydrogens is 242 g/mol. The summed E-state index contributed by atoms with van der Waals surface area (Å²) in [6, 6.07) is 1.59. The Morgan fingerprint density at radius 3 is 2.67 bits per heavy atom. The van der Waals surface area contributed by atoms with Crippen molar-refractivity contribution in [1.29, 1.82) is 0 Å². The van der Waals surface area contributed by atoms with Gasteiger partial charge in [-0.1, -0.05) is 13.0 Å². The zero-order chi connectivity index (χ0) is 13.4. The fraction of sp³-hybridized carbons (Fsp3) is 0.333. The van der Waals surface area contributed by atoms with Crippen LogP contribution in [0.1, 0.15) is 12.5 Å². The van der Waals surface area contributed by atoms with Gasteiger partial charge in [0.05, 0.1) is 5.92 Å². The first-order valence-corrected chi connectivity index (χ1v) is 5.48. The molecule has 1 aromatic rings. The lowest BCUT2D eigenvalue weighted by atomic mass is 10.1. The summed E-state index contributed by atoms with van der Waals surface area (Å²) in [5, 5.41) is 2.07. The third-order valence-corrected chi connectivity index (χ3v) is 2.91. The van der Waals surface area contributed by atoms with Crippen molar-refractivity contribution in [3.8, 4) is 0 Å². The van der Waals surface area contributed by atoms with Gasteiger partial charge >= 0.3 is 6.03 Å². The Kier molecular flexibility index (Phi) is 3.02. The van der Waals surface area contributed by atoms with Gasteiger partial charge in [0.25, 0.3) is 0 Å². The van der Waals surface area contributed by atoms with Gasteiger partial charge in [-0.15, -0.1) is 0 Å². The van der Waals surface area contributed by atoms with Gasteiger partial charge in [0.1, 0.15) is 11.5 Å². The number of amides is 3. The molecular formula is C12H12F2N2O2. The average molecular weight is 254 g/mol. The third-order valence-electron chi connectivity index (χ3n) is 2.91. The highest BCUT2D eigenvalue weighted by atomic mass is 19.1. The van der Waals surface area contributed by atoms with Crippen LogP contribution >= 0.6 is 0 Å². The van der Waals surface area contributed by atoms with E-state index in [4.69, 9.17) is 0 Å². The predicted molar refractivity (Wildman–Crippen MR) is 61.1 cm³/mol. The summed E-state index contributed by atoms with van der Waals surface area (Å²) in [7, 11) is 0. The van der Waals surface area contributed by atoms with E-state index in [1.807, 2.05) is 0 Å². The van der Waals surface area contributed by atoms with Crippen LogP contribution in [0, 0.1) is 24.5 Å². The maximum absolute atomic E-state index is 13.9. The van der Waals surface area contributed by atoms with Crippen LogP contribution < -0.4 is 10.2 Å². The highest BCUT2D eigenvalue weighted by molar-refractivity contribution is 6.06. The van der Waals surface area contributed by atoms with Gasteiger partial charge < -0.3 is 0 Å². The maximum Gasteiger partial charge on any atom is 0.328 e. The monoisotopic (exact) mass is 254 g/mol. The highest BCUT2D eigenvalue weighted by Crippen LogP contribution is 2.28. The van der Waals surface area contributed by atoms with E-state index < -0.39 is 35.2 Å². The van der Waals surface area contributed by atoms with E-state index in [9.17, 15) is 18.4 Å². The van der Waals surface area contributed by atoms with Crippen molar-refractivity contribution in [1.82, 2.24) is 5.32 Å². The smallest absolute Gasteiger partial charge is 0.288 e. The van der Waals surface area contributed by atoms with Crippen LogP contribution in [0.15, 0.2) is 12.1 Å². The summed E-state index contributed by atoms with van der Waals surface area (Å²) in [6.45, 7) is 3.02. The molecule has 3 amide bonds. The minimum atomic E-state index is -0.824. The number of halogens is 2. The Balaban J connectivity index is 2.46. The summed E-state index contributed by atoms with van der Waals surface area (Å²) < 4.78 is 27.6. The second-order valence-corrected chi connectivity index (χ2v) is 4.33. The van der Waals surface area contributed by atoms with Crippen molar-refractivity contribution in [3.05, 3.63) is 29.3 Å². The van der Waals surface area contributed by atoms with E-state index >= 15 is 0 Å². The van der Waals surface area contributed by atoms with Crippen molar-refractivity contribution in [3.63, 3.8) is 0 Å². The standard InChI is InChI=1S/C12H12F2N2O2/c1-6-3-4-8(13)10(9(6)14)16-5-7(2)11(17)15-12(16)18/h3-4,7H,5H2,1-2H3,(H,15,17,18). The Morgan fingerprint density at radius 1 is 1.33 bits per heavy atom. The molecule has 1 aliphatic rings. The molecule has 4 nitrogen and oxygen atoms in total. The number of anilines is 1. The number of urea groups is 1. The normalized spacial score (nSPS) is 20.0. The number of rotatable bonds is 1. The zero-order valence-electron chi connectivity index (χ0n) is 9.96. The number of hydrogen-bond acceptors (Lipinski definition) is 2. The van der Waals surface area contributed by atoms with Gasteiger partial charge in [0.2, 0.25) is 5.91 Å². The molecule has 1 saturated heterocycles. The molecule has 1 N–H and O–H groups in total. The number of carbonyl (C=O) groups is 2. The molecule has 96 valence electrons. The second-order valence-electron chi connectivity index (χ2n) is 4.33.